The number of halogens is 1. The van der Waals surface area contributed by atoms with Crippen molar-refractivity contribution in [1.82, 2.24) is 4.90 Å². The number of carbonyl (C=O) groups is 3. The van der Waals surface area contributed by atoms with E-state index in [2.05, 4.69) is 5.32 Å². The van der Waals surface area contributed by atoms with E-state index in [0.29, 0.717) is 10.5 Å². The fourth-order valence-corrected chi connectivity index (χ4v) is 4.09. The molecule has 1 heterocycles. The van der Waals surface area contributed by atoms with Crippen LogP contribution in [0.2, 0.25) is 0 Å². The predicted molar refractivity (Wildman–Crippen MR) is 115 cm³/mol. The zero-order valence-electron chi connectivity index (χ0n) is 15.5. The number of phenols is 1. The molecule has 3 rings (SSSR count). The summed E-state index contributed by atoms with van der Waals surface area (Å²) in [5, 5.41) is 21.1. The third kappa shape index (κ3) is 4.50. The van der Waals surface area contributed by atoms with Gasteiger partial charge in [-0.25, -0.2) is 9.18 Å². The molecular weight excluding hydrogens is 431 g/mol. The van der Waals surface area contributed by atoms with Crippen LogP contribution in [-0.4, -0.2) is 43.3 Å². The van der Waals surface area contributed by atoms with Crippen molar-refractivity contribution in [2.75, 3.05) is 5.32 Å². The van der Waals surface area contributed by atoms with Gasteiger partial charge in [0.05, 0.1) is 4.91 Å². The molecule has 0 aromatic heterocycles. The summed E-state index contributed by atoms with van der Waals surface area (Å²) in [6.45, 7) is 1.49. The van der Waals surface area contributed by atoms with E-state index in [0.717, 1.165) is 28.8 Å². The second kappa shape index (κ2) is 8.64. The van der Waals surface area contributed by atoms with Crippen molar-refractivity contribution in [3.63, 3.8) is 0 Å². The summed E-state index contributed by atoms with van der Waals surface area (Å²) in [5.74, 6) is -3.23. The molecule has 7 nitrogen and oxygen atoms in total. The van der Waals surface area contributed by atoms with Gasteiger partial charge in [0.2, 0.25) is 5.91 Å². The number of anilines is 1. The molecule has 10 heteroatoms. The Bertz CT molecular complexity index is 1090. The molecule has 30 heavy (non-hydrogen) atoms. The highest BCUT2D eigenvalue weighted by atomic mass is 32.2. The highest BCUT2D eigenvalue weighted by molar-refractivity contribution is 8.26. The Balaban J connectivity index is 1.76. The van der Waals surface area contributed by atoms with Crippen LogP contribution in [0.3, 0.4) is 0 Å². The number of hydrogen-bond donors (Lipinski definition) is 3. The van der Waals surface area contributed by atoms with E-state index in [9.17, 15) is 23.9 Å². The fraction of sp³-hybridized carbons (Fsp3) is 0.100. The van der Waals surface area contributed by atoms with Crippen LogP contribution in [0.4, 0.5) is 10.1 Å². The summed E-state index contributed by atoms with van der Waals surface area (Å²) in [7, 11) is 0. The van der Waals surface area contributed by atoms with Crippen LogP contribution < -0.4 is 5.32 Å². The minimum Gasteiger partial charge on any atom is -0.507 e. The van der Waals surface area contributed by atoms with E-state index in [4.69, 9.17) is 17.3 Å². The van der Waals surface area contributed by atoms with Gasteiger partial charge in [-0.2, -0.15) is 0 Å². The standard InChI is InChI=1S/C20H15FN2O5S2/c1-10(17(25)22-13-6-7-15(24)14(9-13)19(27)28)23-18(26)16(30-20(23)29)8-11-2-4-12(21)5-3-11/h2-10,24H,1H3,(H,22,25)(H,27,28)/b16-8+. The number of aromatic hydroxyl groups is 1. The highest BCUT2D eigenvalue weighted by Crippen LogP contribution is 2.34. The van der Waals surface area contributed by atoms with E-state index in [1.165, 1.54) is 37.3 Å². The van der Waals surface area contributed by atoms with Crippen molar-refractivity contribution < 1.29 is 29.0 Å². The third-order valence-corrected chi connectivity index (χ3v) is 5.58. The SMILES string of the molecule is CC(C(=O)Nc1ccc(O)c(C(=O)O)c1)N1C(=O)/C(=C\c2ccc(F)cc2)SC1=S. The monoisotopic (exact) mass is 446 g/mol. The van der Waals surface area contributed by atoms with Crippen LogP contribution in [0.1, 0.15) is 22.8 Å². The average molecular weight is 446 g/mol. The summed E-state index contributed by atoms with van der Waals surface area (Å²) in [6, 6.07) is 8.20. The van der Waals surface area contributed by atoms with Crippen molar-refractivity contribution >= 4 is 57.8 Å². The van der Waals surface area contributed by atoms with Crippen LogP contribution >= 0.6 is 24.0 Å². The minimum atomic E-state index is -1.35. The predicted octanol–water partition coefficient (Wildman–Crippen LogP) is 3.46. The number of thiocarbonyl (C=S) groups is 1. The van der Waals surface area contributed by atoms with Gasteiger partial charge >= 0.3 is 5.97 Å². The summed E-state index contributed by atoms with van der Waals surface area (Å²) in [5.41, 5.74) is 0.391. The molecule has 3 N–H and O–H groups in total. The first-order valence-electron chi connectivity index (χ1n) is 8.57. The molecule has 1 saturated heterocycles. The van der Waals surface area contributed by atoms with E-state index >= 15 is 0 Å². The zero-order valence-corrected chi connectivity index (χ0v) is 17.1. The number of benzene rings is 2. The Morgan fingerprint density at radius 2 is 1.90 bits per heavy atom. The van der Waals surface area contributed by atoms with Gasteiger partial charge in [-0.05, 0) is 48.9 Å². The number of carboxylic acid groups (broad SMARTS) is 1. The first-order valence-corrected chi connectivity index (χ1v) is 9.79. The Morgan fingerprint density at radius 3 is 2.53 bits per heavy atom. The smallest absolute Gasteiger partial charge is 0.339 e. The van der Waals surface area contributed by atoms with E-state index < -0.39 is 35.4 Å². The van der Waals surface area contributed by atoms with Gasteiger partial charge in [-0.1, -0.05) is 36.1 Å². The maximum absolute atomic E-state index is 13.1. The molecule has 0 saturated carbocycles. The molecule has 2 aromatic rings. The molecule has 1 atom stereocenters. The molecular formula is C20H15FN2O5S2. The summed E-state index contributed by atoms with van der Waals surface area (Å²) >= 11 is 6.27. The first kappa shape index (κ1) is 21.5. The van der Waals surface area contributed by atoms with Crippen LogP contribution in [0.5, 0.6) is 5.75 Å². The second-order valence-electron chi connectivity index (χ2n) is 6.31. The number of aromatic carboxylic acids is 1. The average Bonchev–Trinajstić information content (AvgIpc) is 2.97. The molecule has 0 aliphatic carbocycles. The summed E-state index contributed by atoms with van der Waals surface area (Å²) < 4.78 is 13.2. The van der Waals surface area contributed by atoms with Crippen molar-refractivity contribution in [3.05, 3.63) is 64.3 Å². The number of carboxylic acids is 1. The minimum absolute atomic E-state index is 0.148. The lowest BCUT2D eigenvalue weighted by atomic mass is 10.1. The lowest BCUT2D eigenvalue weighted by Crippen LogP contribution is -2.44. The van der Waals surface area contributed by atoms with Crippen LogP contribution in [-0.2, 0) is 9.59 Å². The number of hydrogen-bond acceptors (Lipinski definition) is 6. The van der Waals surface area contributed by atoms with Crippen molar-refractivity contribution in [1.29, 1.82) is 0 Å². The fourth-order valence-electron chi connectivity index (χ4n) is 2.67. The topological polar surface area (TPSA) is 107 Å². The maximum Gasteiger partial charge on any atom is 0.339 e. The van der Waals surface area contributed by atoms with Gasteiger partial charge in [0, 0.05) is 5.69 Å². The molecule has 1 aliphatic heterocycles. The highest BCUT2D eigenvalue weighted by Gasteiger charge is 2.38. The molecule has 2 amide bonds. The van der Waals surface area contributed by atoms with Crippen LogP contribution in [0.25, 0.3) is 6.08 Å². The van der Waals surface area contributed by atoms with E-state index in [-0.39, 0.29) is 15.6 Å². The molecule has 2 aromatic carbocycles. The number of rotatable bonds is 5. The second-order valence-corrected chi connectivity index (χ2v) is 7.98. The Morgan fingerprint density at radius 1 is 1.23 bits per heavy atom. The maximum atomic E-state index is 13.1. The van der Waals surface area contributed by atoms with Crippen molar-refractivity contribution in [2.45, 2.75) is 13.0 Å². The van der Waals surface area contributed by atoms with Gasteiger partial charge < -0.3 is 15.5 Å². The molecule has 0 radical (unpaired) electrons. The van der Waals surface area contributed by atoms with Crippen LogP contribution in [0.15, 0.2) is 47.4 Å². The quantitative estimate of drug-likeness (QED) is 0.367. The molecule has 0 bridgehead atoms. The van der Waals surface area contributed by atoms with Gasteiger partial charge in [-0.3, -0.25) is 14.5 Å². The molecule has 0 spiro atoms. The Kier molecular flexibility index (Phi) is 6.18. The van der Waals surface area contributed by atoms with Gasteiger partial charge in [0.15, 0.2) is 0 Å². The molecule has 1 unspecified atom stereocenters. The molecule has 154 valence electrons. The Hall–Kier alpha value is -3.24. The zero-order chi connectivity index (χ0) is 22.0. The Labute approximate surface area is 180 Å². The largest absolute Gasteiger partial charge is 0.507 e. The molecule has 1 fully saturated rings. The third-order valence-electron chi connectivity index (χ3n) is 4.25. The number of thioether (sulfide) groups is 1. The number of amides is 2. The lowest BCUT2D eigenvalue weighted by Gasteiger charge is -2.22. The molecule has 1 aliphatic rings. The summed E-state index contributed by atoms with van der Waals surface area (Å²) in [4.78, 5) is 37.9. The van der Waals surface area contributed by atoms with E-state index in [1.807, 2.05) is 0 Å². The van der Waals surface area contributed by atoms with Crippen LogP contribution in [0, 0.1) is 5.82 Å². The van der Waals surface area contributed by atoms with Gasteiger partial charge in [0.25, 0.3) is 5.91 Å². The van der Waals surface area contributed by atoms with Gasteiger partial charge in [0.1, 0.15) is 27.5 Å². The van der Waals surface area contributed by atoms with Crippen molar-refractivity contribution in [3.8, 4) is 5.75 Å². The van der Waals surface area contributed by atoms with Crippen molar-refractivity contribution in [2.24, 2.45) is 0 Å². The van der Waals surface area contributed by atoms with Gasteiger partial charge in [-0.15, -0.1) is 0 Å². The summed E-state index contributed by atoms with van der Waals surface area (Å²) in [6.07, 6.45) is 1.56. The lowest BCUT2D eigenvalue weighted by molar-refractivity contribution is -0.129. The number of carbonyl (C=O) groups excluding carboxylic acids is 2. The first-order chi connectivity index (χ1) is 14.2. The normalized spacial score (nSPS) is 16.1. The van der Waals surface area contributed by atoms with E-state index in [1.54, 1.807) is 6.08 Å². The number of nitrogens with zero attached hydrogens (tertiary/aromatic N) is 1. The number of nitrogens with one attached hydrogen (secondary N) is 1.